The average Bonchev–Trinajstić information content (AvgIpc) is 3.55. The van der Waals surface area contributed by atoms with Crippen LogP contribution < -0.4 is 24.3 Å². The number of amides is 5. The van der Waals surface area contributed by atoms with Gasteiger partial charge in [0, 0.05) is 5.92 Å². The van der Waals surface area contributed by atoms with Crippen LogP contribution in [-0.2, 0) is 33.4 Å². The predicted molar refractivity (Wildman–Crippen MR) is 200 cm³/mol. The van der Waals surface area contributed by atoms with Gasteiger partial charge in [-0.05, 0) is 46.5 Å². The van der Waals surface area contributed by atoms with E-state index in [1.807, 2.05) is 48.5 Å². The maximum atomic E-state index is 13.6. The van der Waals surface area contributed by atoms with Crippen molar-refractivity contribution < 1.29 is 61.9 Å². The second kappa shape index (κ2) is 18.5. The lowest BCUT2D eigenvalue weighted by Gasteiger charge is -2.35. The van der Waals surface area contributed by atoms with Crippen molar-refractivity contribution in [1.82, 2.24) is 15.1 Å². The molecule has 2 aliphatic rings. The lowest BCUT2D eigenvalue weighted by Crippen LogP contribution is -2.68. The summed E-state index contributed by atoms with van der Waals surface area (Å²) in [7, 11) is 2.94. The Morgan fingerprint density at radius 3 is 1.44 bits per heavy atom. The zero-order valence-electron chi connectivity index (χ0n) is 31.0. The maximum Gasteiger partial charge on any atom is 0.408 e. The van der Waals surface area contributed by atoms with E-state index in [4.69, 9.17) is 33.2 Å². The Kier molecular flexibility index (Phi) is 12.8. The molecule has 0 bridgehead atoms. The smallest absolute Gasteiger partial charge is 0.408 e. The van der Waals surface area contributed by atoms with Gasteiger partial charge in [0.25, 0.3) is 11.8 Å². The maximum absolute atomic E-state index is 13.6. The summed E-state index contributed by atoms with van der Waals surface area (Å²) < 4.78 is 37.5. The molecule has 5 amide bonds. The van der Waals surface area contributed by atoms with Gasteiger partial charge in [0.05, 0.1) is 14.2 Å². The van der Waals surface area contributed by atoms with Crippen LogP contribution in [0.3, 0.4) is 0 Å². The Morgan fingerprint density at radius 1 is 0.561 bits per heavy atom. The van der Waals surface area contributed by atoms with Crippen molar-refractivity contribution in [3.63, 3.8) is 0 Å². The Labute approximate surface area is 327 Å². The molecule has 0 unspecified atom stereocenters. The Bertz CT molecular complexity index is 2000. The predicted octanol–water partition coefficient (Wildman–Crippen LogP) is 3.95. The minimum atomic E-state index is -2.04. The monoisotopic (exact) mass is 781 g/mol. The molecule has 1 heterocycles. The van der Waals surface area contributed by atoms with Crippen molar-refractivity contribution in [1.29, 1.82) is 0 Å². The summed E-state index contributed by atoms with van der Waals surface area (Å²) in [5.74, 6) is -3.19. The number of hydrogen-bond donors (Lipinski definition) is 1. The van der Waals surface area contributed by atoms with Gasteiger partial charge in [-0.2, -0.15) is 0 Å². The van der Waals surface area contributed by atoms with E-state index in [-0.39, 0.29) is 39.0 Å². The molecule has 4 aromatic carbocycles. The van der Waals surface area contributed by atoms with E-state index < -0.39 is 55.0 Å². The van der Waals surface area contributed by atoms with Gasteiger partial charge >= 0.3 is 24.1 Å². The number of carbonyl (C=O) groups excluding carboxylic acids is 6. The molecule has 296 valence electrons. The number of esters is 2. The number of ether oxygens (including phenoxy) is 7. The van der Waals surface area contributed by atoms with Gasteiger partial charge in [-0.1, -0.05) is 72.8 Å². The quantitative estimate of drug-likeness (QED) is 0.0704. The van der Waals surface area contributed by atoms with Crippen LogP contribution in [0.5, 0.6) is 23.0 Å². The van der Waals surface area contributed by atoms with Gasteiger partial charge in [-0.15, -0.1) is 0 Å². The number of imide groups is 2. The van der Waals surface area contributed by atoms with Crippen LogP contribution in [0, 0.1) is 0 Å². The number of alkyl carbamates (subject to hydrolysis) is 1. The third-order valence-corrected chi connectivity index (χ3v) is 9.01. The topological polar surface area (TPSA) is 186 Å². The van der Waals surface area contributed by atoms with Gasteiger partial charge in [0.1, 0.15) is 46.1 Å². The zero-order valence-corrected chi connectivity index (χ0v) is 31.0. The third kappa shape index (κ3) is 9.24. The van der Waals surface area contributed by atoms with Gasteiger partial charge < -0.3 is 38.5 Å². The fourth-order valence-electron chi connectivity index (χ4n) is 6.36. The van der Waals surface area contributed by atoms with Gasteiger partial charge in [0.2, 0.25) is 0 Å². The Balaban J connectivity index is 1.10. The summed E-state index contributed by atoms with van der Waals surface area (Å²) >= 11 is 0. The molecule has 16 heteroatoms. The van der Waals surface area contributed by atoms with Gasteiger partial charge in [-0.25, -0.2) is 9.59 Å². The number of urea groups is 1. The van der Waals surface area contributed by atoms with E-state index in [1.54, 1.807) is 48.5 Å². The molecule has 0 atom stereocenters. The number of rotatable bonds is 17. The third-order valence-electron chi connectivity index (χ3n) is 9.01. The molecule has 1 aliphatic carbocycles. The molecule has 0 aromatic heterocycles. The van der Waals surface area contributed by atoms with E-state index >= 15 is 0 Å². The van der Waals surface area contributed by atoms with Crippen molar-refractivity contribution in [2.75, 3.05) is 60.3 Å². The van der Waals surface area contributed by atoms with E-state index in [0.29, 0.717) is 32.8 Å². The van der Waals surface area contributed by atoms with E-state index in [9.17, 15) is 28.8 Å². The normalized spacial score (nSPS) is 13.7. The van der Waals surface area contributed by atoms with E-state index in [0.717, 1.165) is 22.3 Å². The molecule has 16 nitrogen and oxygen atoms in total. The SMILES string of the molecule is COc1ccccc1OCCOC(=O)CN1C(=O)C(NC(=O)OCC2c3ccccc3-c3ccccc32)C(=O)N(CC(=O)OCCOc2ccccc2OC)C1=O. The standard InChI is InChI=1S/C41H39N3O13/c1-51-31-15-7-9-17-33(31)53-19-21-55-35(45)23-43-38(47)37(42-40(49)57-25-30-28-13-5-3-11-26(28)27-12-4-6-14-29(27)30)39(48)44(41(43)50)24-36(46)56-22-20-54-34-18-10-8-16-32(34)52-2/h3-18,30,37H,19-25H2,1-2H3,(H,42,49). The molecular weight excluding hydrogens is 742 g/mol. The van der Waals surface area contributed by atoms with Crippen molar-refractivity contribution in [2.24, 2.45) is 0 Å². The van der Waals surface area contributed by atoms with Gasteiger partial charge in [-0.3, -0.25) is 29.0 Å². The summed E-state index contributed by atoms with van der Waals surface area (Å²) in [6, 6.07) is 25.6. The summed E-state index contributed by atoms with van der Waals surface area (Å²) in [6.07, 6.45) is -1.15. The number of carbonyl (C=O) groups is 6. The number of methoxy groups -OCH3 is 2. The average molecular weight is 782 g/mol. The minimum Gasteiger partial charge on any atom is -0.493 e. The van der Waals surface area contributed by atoms with Gasteiger partial charge in [0.15, 0.2) is 29.0 Å². The zero-order chi connectivity index (χ0) is 40.3. The van der Waals surface area contributed by atoms with Crippen molar-refractivity contribution in [3.8, 4) is 34.1 Å². The summed E-state index contributed by atoms with van der Waals surface area (Å²) in [5, 5.41) is 2.22. The number of nitrogens with zero attached hydrogens (tertiary/aromatic N) is 2. The Hall–Kier alpha value is -7.10. The molecule has 57 heavy (non-hydrogen) atoms. The molecule has 1 saturated heterocycles. The van der Waals surface area contributed by atoms with Crippen molar-refractivity contribution in [2.45, 2.75) is 12.0 Å². The highest BCUT2D eigenvalue weighted by molar-refractivity contribution is 6.21. The Morgan fingerprint density at radius 2 is 0.982 bits per heavy atom. The first-order valence-electron chi connectivity index (χ1n) is 17.8. The van der Waals surface area contributed by atoms with Crippen LogP contribution in [0.25, 0.3) is 11.1 Å². The van der Waals surface area contributed by atoms with Crippen LogP contribution in [0.4, 0.5) is 9.59 Å². The summed E-state index contributed by atoms with van der Waals surface area (Å²) in [4.78, 5) is 80.5. The highest BCUT2D eigenvalue weighted by Gasteiger charge is 2.48. The fraction of sp³-hybridized carbons (Fsp3) is 0.268. The van der Waals surface area contributed by atoms with Crippen molar-refractivity contribution in [3.05, 3.63) is 108 Å². The van der Waals surface area contributed by atoms with Crippen LogP contribution in [0.2, 0.25) is 0 Å². The number of para-hydroxylation sites is 4. The molecule has 1 N–H and O–H groups in total. The highest BCUT2D eigenvalue weighted by atomic mass is 16.6. The van der Waals surface area contributed by atoms with Crippen LogP contribution in [-0.4, -0.2) is 112 Å². The lowest BCUT2D eigenvalue weighted by molar-refractivity contribution is -0.157. The first-order chi connectivity index (χ1) is 27.7. The number of barbiturate groups is 1. The minimum absolute atomic E-state index is 0.100. The molecular formula is C41H39N3O13. The largest absolute Gasteiger partial charge is 0.493 e. The number of hydrogen-bond acceptors (Lipinski definition) is 13. The first kappa shape index (κ1) is 39.6. The molecule has 0 spiro atoms. The van der Waals surface area contributed by atoms with Crippen molar-refractivity contribution >= 4 is 35.9 Å². The molecule has 0 saturated carbocycles. The lowest BCUT2D eigenvalue weighted by atomic mass is 9.98. The van der Waals surface area contributed by atoms with Crippen LogP contribution >= 0.6 is 0 Å². The number of benzene rings is 4. The number of fused-ring (bicyclic) bond motifs is 3. The molecule has 1 aliphatic heterocycles. The van der Waals surface area contributed by atoms with Crippen LogP contribution in [0.15, 0.2) is 97.1 Å². The van der Waals surface area contributed by atoms with Crippen LogP contribution in [0.1, 0.15) is 17.0 Å². The fourth-order valence-corrected chi connectivity index (χ4v) is 6.36. The summed E-state index contributed by atoms with van der Waals surface area (Å²) in [6.45, 7) is -2.81. The second-order valence-electron chi connectivity index (χ2n) is 12.5. The highest BCUT2D eigenvalue weighted by Crippen LogP contribution is 2.44. The first-order valence-corrected chi connectivity index (χ1v) is 17.8. The second-order valence-corrected chi connectivity index (χ2v) is 12.5. The number of nitrogens with one attached hydrogen (secondary N) is 1. The molecule has 4 aromatic rings. The molecule has 6 rings (SSSR count). The molecule has 0 radical (unpaired) electrons. The summed E-state index contributed by atoms with van der Waals surface area (Å²) in [5.41, 5.74) is 3.83. The van der Waals surface area contributed by atoms with E-state index in [2.05, 4.69) is 5.32 Å². The molecule has 1 fully saturated rings. The van der Waals surface area contributed by atoms with E-state index in [1.165, 1.54) is 14.2 Å².